The zero-order valence-corrected chi connectivity index (χ0v) is 20.3. The highest BCUT2D eigenvalue weighted by atomic mass is 35.5. The maximum Gasteiger partial charge on any atom is 0.252 e. The number of benzene rings is 2. The van der Waals surface area contributed by atoms with Crippen LogP contribution in [0, 0.1) is 19.8 Å². The number of nitrogens with zero attached hydrogens (tertiary/aromatic N) is 1. The summed E-state index contributed by atoms with van der Waals surface area (Å²) < 4.78 is 5.47. The van der Waals surface area contributed by atoms with Gasteiger partial charge in [0, 0.05) is 17.6 Å². The summed E-state index contributed by atoms with van der Waals surface area (Å²) in [6.45, 7) is 9.35. The van der Waals surface area contributed by atoms with Crippen molar-refractivity contribution in [3.05, 3.63) is 62.6 Å². The Kier molecular flexibility index (Phi) is 8.26. The molecule has 0 aliphatic carbocycles. The first-order valence-corrected chi connectivity index (χ1v) is 11.7. The smallest absolute Gasteiger partial charge is 0.252 e. The summed E-state index contributed by atoms with van der Waals surface area (Å²) in [5.41, 5.74) is 4.35. The van der Waals surface area contributed by atoms with Crippen LogP contribution in [0.4, 0.5) is 0 Å². The molecule has 1 heterocycles. The first-order valence-electron chi connectivity index (χ1n) is 10.9. The van der Waals surface area contributed by atoms with Crippen molar-refractivity contribution in [3.63, 3.8) is 0 Å². The highest BCUT2D eigenvalue weighted by Crippen LogP contribution is 2.32. The molecule has 0 aromatic heterocycles. The number of carbonyl (C=O) groups is 1. The van der Waals surface area contributed by atoms with Crippen LogP contribution in [0.2, 0.25) is 10.0 Å². The van der Waals surface area contributed by atoms with Gasteiger partial charge in [-0.25, -0.2) is 0 Å². The van der Waals surface area contributed by atoms with E-state index in [2.05, 4.69) is 43.1 Å². The van der Waals surface area contributed by atoms with Crippen molar-refractivity contribution in [1.29, 1.82) is 0 Å². The normalized spacial score (nSPS) is 18.3. The minimum Gasteiger partial charge on any atom is -0.496 e. The van der Waals surface area contributed by atoms with Gasteiger partial charge in [0.05, 0.1) is 17.7 Å². The van der Waals surface area contributed by atoms with Crippen molar-refractivity contribution >= 4 is 29.1 Å². The Morgan fingerprint density at radius 3 is 2.65 bits per heavy atom. The predicted octanol–water partition coefficient (Wildman–Crippen LogP) is 6.21. The van der Waals surface area contributed by atoms with Crippen LogP contribution < -0.4 is 10.1 Å². The third kappa shape index (κ3) is 5.74. The molecular formula is C25H32Cl2N2O2. The van der Waals surface area contributed by atoms with Crippen LogP contribution in [0.3, 0.4) is 0 Å². The van der Waals surface area contributed by atoms with Gasteiger partial charge in [0.2, 0.25) is 0 Å². The van der Waals surface area contributed by atoms with Crippen molar-refractivity contribution in [1.82, 2.24) is 10.2 Å². The first-order chi connectivity index (χ1) is 14.8. The van der Waals surface area contributed by atoms with Crippen LogP contribution in [0.1, 0.15) is 59.3 Å². The second-order valence-electron chi connectivity index (χ2n) is 8.45. The van der Waals surface area contributed by atoms with Crippen molar-refractivity contribution in [2.75, 3.05) is 26.7 Å². The van der Waals surface area contributed by atoms with E-state index in [0.29, 0.717) is 34.1 Å². The van der Waals surface area contributed by atoms with E-state index in [-0.39, 0.29) is 5.91 Å². The molecule has 2 aromatic rings. The number of hydrogen-bond donors (Lipinski definition) is 1. The largest absolute Gasteiger partial charge is 0.496 e. The summed E-state index contributed by atoms with van der Waals surface area (Å²) in [7, 11) is 1.72. The fraction of sp³-hybridized carbons (Fsp3) is 0.480. The van der Waals surface area contributed by atoms with Crippen molar-refractivity contribution in [2.45, 2.75) is 46.1 Å². The Morgan fingerprint density at radius 1 is 1.16 bits per heavy atom. The van der Waals surface area contributed by atoms with E-state index in [4.69, 9.17) is 27.9 Å². The van der Waals surface area contributed by atoms with E-state index in [1.807, 2.05) is 0 Å². The summed E-state index contributed by atoms with van der Waals surface area (Å²) in [5, 5.41) is 3.98. The molecule has 6 heteroatoms. The van der Waals surface area contributed by atoms with Crippen LogP contribution in [-0.4, -0.2) is 37.6 Å². The van der Waals surface area contributed by atoms with Crippen molar-refractivity contribution in [3.8, 4) is 5.75 Å². The van der Waals surface area contributed by atoms with Crippen LogP contribution in [0.25, 0.3) is 0 Å². The fourth-order valence-corrected chi connectivity index (χ4v) is 4.97. The highest BCUT2D eigenvalue weighted by molar-refractivity contribution is 6.36. The Bertz CT molecular complexity index is 932. The van der Waals surface area contributed by atoms with Crippen LogP contribution in [-0.2, 0) is 0 Å². The number of likely N-dealkylation sites (tertiary alicyclic amines) is 1. The summed E-state index contributed by atoms with van der Waals surface area (Å²) >= 11 is 12.1. The molecule has 4 nitrogen and oxygen atoms in total. The minimum atomic E-state index is -0.138. The maximum atomic E-state index is 12.5. The molecule has 0 radical (unpaired) electrons. The molecule has 3 rings (SSSR count). The van der Waals surface area contributed by atoms with E-state index >= 15 is 0 Å². The number of amides is 1. The van der Waals surface area contributed by atoms with Crippen molar-refractivity contribution < 1.29 is 9.53 Å². The lowest BCUT2D eigenvalue weighted by atomic mass is 9.96. The van der Waals surface area contributed by atoms with Gasteiger partial charge in [-0.2, -0.15) is 0 Å². The van der Waals surface area contributed by atoms with E-state index < -0.39 is 0 Å². The lowest BCUT2D eigenvalue weighted by Crippen LogP contribution is -2.31. The molecule has 2 aromatic carbocycles. The number of halogens is 2. The summed E-state index contributed by atoms with van der Waals surface area (Å²) in [4.78, 5) is 15.1. The molecule has 1 N–H and O–H groups in total. The van der Waals surface area contributed by atoms with E-state index in [0.717, 1.165) is 38.1 Å². The van der Waals surface area contributed by atoms with Gasteiger partial charge in [0.15, 0.2) is 0 Å². The molecule has 1 aliphatic rings. The number of rotatable bonds is 6. The third-order valence-corrected chi connectivity index (χ3v) is 7.15. The highest BCUT2D eigenvalue weighted by Gasteiger charge is 2.24. The third-order valence-electron chi connectivity index (χ3n) is 6.61. The van der Waals surface area contributed by atoms with Crippen LogP contribution >= 0.6 is 23.2 Å². The molecule has 0 spiro atoms. The number of methoxy groups -OCH3 is 1. The summed E-state index contributed by atoms with van der Waals surface area (Å²) in [6.07, 6.45) is 3.30. The average molecular weight is 463 g/mol. The number of ether oxygens (including phenoxy) is 1. The standard InChI is InChI=1S/C25H32Cl2N2O2/c1-16-17(2)24(31-4)10-9-21(16)18(3)29-12-5-6-19(11-13-29)15-28-25(30)22-8-7-20(26)14-23(22)27/h7-10,14,18-19H,5-6,11-13,15H2,1-4H3,(H,28,30). The minimum absolute atomic E-state index is 0.138. The van der Waals surface area contributed by atoms with Gasteiger partial charge in [-0.3, -0.25) is 9.69 Å². The second-order valence-corrected chi connectivity index (χ2v) is 9.29. The molecule has 2 atom stereocenters. The van der Waals surface area contributed by atoms with E-state index in [1.54, 1.807) is 25.3 Å². The molecule has 0 saturated carbocycles. The molecule has 168 valence electrons. The van der Waals surface area contributed by atoms with Gasteiger partial charge in [-0.1, -0.05) is 29.3 Å². The lowest BCUT2D eigenvalue weighted by molar-refractivity contribution is 0.0945. The van der Waals surface area contributed by atoms with Gasteiger partial charge < -0.3 is 10.1 Å². The molecule has 2 unspecified atom stereocenters. The van der Waals surface area contributed by atoms with Crippen LogP contribution in [0.15, 0.2) is 30.3 Å². The second kappa shape index (κ2) is 10.7. The van der Waals surface area contributed by atoms with Gasteiger partial charge in [-0.15, -0.1) is 0 Å². The monoisotopic (exact) mass is 462 g/mol. The Balaban J connectivity index is 1.58. The van der Waals surface area contributed by atoms with Gasteiger partial charge >= 0.3 is 0 Å². The molecular weight excluding hydrogens is 431 g/mol. The van der Waals surface area contributed by atoms with Crippen LogP contribution in [0.5, 0.6) is 5.75 Å². The Morgan fingerprint density at radius 2 is 1.94 bits per heavy atom. The lowest BCUT2D eigenvalue weighted by Gasteiger charge is -2.30. The van der Waals surface area contributed by atoms with Gasteiger partial charge in [-0.05, 0) is 100.0 Å². The molecule has 1 aliphatic heterocycles. The summed E-state index contributed by atoms with van der Waals surface area (Å²) in [5.74, 6) is 1.27. The topological polar surface area (TPSA) is 41.6 Å². The molecule has 1 amide bonds. The van der Waals surface area contributed by atoms with Crippen molar-refractivity contribution in [2.24, 2.45) is 5.92 Å². The number of nitrogens with one attached hydrogen (secondary N) is 1. The summed E-state index contributed by atoms with van der Waals surface area (Å²) in [6, 6.07) is 9.60. The Hall–Kier alpha value is -1.75. The molecule has 1 fully saturated rings. The zero-order chi connectivity index (χ0) is 22.5. The van der Waals surface area contributed by atoms with E-state index in [1.165, 1.54) is 16.7 Å². The molecule has 31 heavy (non-hydrogen) atoms. The maximum absolute atomic E-state index is 12.5. The molecule has 1 saturated heterocycles. The molecule has 0 bridgehead atoms. The van der Waals surface area contributed by atoms with Gasteiger partial charge in [0.1, 0.15) is 5.75 Å². The van der Waals surface area contributed by atoms with E-state index in [9.17, 15) is 4.79 Å². The number of carbonyl (C=O) groups excluding carboxylic acids is 1. The first kappa shape index (κ1) is 23.9. The predicted molar refractivity (Wildman–Crippen MR) is 129 cm³/mol. The number of hydrogen-bond acceptors (Lipinski definition) is 3. The Labute approximate surface area is 195 Å². The fourth-order valence-electron chi connectivity index (χ4n) is 4.47. The average Bonchev–Trinajstić information content (AvgIpc) is 2.99. The van der Waals surface area contributed by atoms with Gasteiger partial charge in [0.25, 0.3) is 5.91 Å². The zero-order valence-electron chi connectivity index (χ0n) is 18.8. The SMILES string of the molecule is COc1ccc(C(C)N2CCCC(CNC(=O)c3ccc(Cl)cc3Cl)CC2)c(C)c1C. The quantitative estimate of drug-likeness (QED) is 0.554.